The van der Waals surface area contributed by atoms with Gasteiger partial charge in [0.05, 0.1) is 17.5 Å². The third-order valence-electron chi connectivity index (χ3n) is 5.99. The first-order chi connectivity index (χ1) is 14.3. The van der Waals surface area contributed by atoms with Gasteiger partial charge in [-0.1, -0.05) is 48.8 Å². The lowest BCUT2D eigenvalue weighted by Crippen LogP contribution is -2.36. The topological polar surface area (TPSA) is 79.3 Å². The van der Waals surface area contributed by atoms with Gasteiger partial charge >= 0.3 is 5.97 Å². The average molecular weight is 427 g/mol. The summed E-state index contributed by atoms with van der Waals surface area (Å²) in [6, 6.07) is 8.44. The second-order valence-corrected chi connectivity index (χ2v) is 9.44. The highest BCUT2D eigenvalue weighted by Crippen LogP contribution is 2.36. The Morgan fingerprint density at radius 1 is 1.10 bits per heavy atom. The number of rotatable bonds is 7. The van der Waals surface area contributed by atoms with Crippen molar-refractivity contribution >= 4 is 28.3 Å². The van der Waals surface area contributed by atoms with Crippen molar-refractivity contribution in [3.05, 3.63) is 45.9 Å². The van der Waals surface area contributed by atoms with Crippen molar-refractivity contribution in [2.75, 3.05) is 5.32 Å². The van der Waals surface area contributed by atoms with Crippen LogP contribution in [0.15, 0.2) is 35.4 Å². The van der Waals surface area contributed by atoms with Crippen LogP contribution in [-0.4, -0.2) is 22.0 Å². The summed E-state index contributed by atoms with van der Waals surface area (Å²) in [7, 11) is 0. The lowest BCUT2D eigenvalue weighted by Gasteiger charge is -2.29. The molecule has 160 valence electrons. The molecule has 0 radical (unpaired) electrons. The number of hydrogen-bond donors (Lipinski definition) is 2. The zero-order valence-electron chi connectivity index (χ0n) is 18.1. The fourth-order valence-electron chi connectivity index (χ4n) is 3.95. The number of anilines is 1. The molecule has 1 aliphatic carbocycles. The largest absolute Gasteiger partial charge is 0.481 e. The van der Waals surface area contributed by atoms with E-state index in [4.69, 9.17) is 0 Å². The summed E-state index contributed by atoms with van der Waals surface area (Å²) in [5.74, 6) is -2.44. The molecule has 1 amide bonds. The molecule has 0 saturated carbocycles. The molecule has 1 aromatic carbocycles. The fraction of sp³-hybridized carbons (Fsp3) is 0.458. The number of aliphatic carboxylic acids is 1. The third kappa shape index (κ3) is 4.98. The Hall–Kier alpha value is -2.47. The number of nitrogens with zero attached hydrogens (tertiary/aromatic N) is 1. The van der Waals surface area contributed by atoms with E-state index in [1.54, 1.807) is 0 Å². The van der Waals surface area contributed by atoms with Gasteiger partial charge in [0.15, 0.2) is 5.13 Å². The normalized spacial score (nSPS) is 19.1. The van der Waals surface area contributed by atoms with Gasteiger partial charge in [0.2, 0.25) is 5.91 Å². The SMILES string of the molecule is CCCCc1ccc(-c2nc(NC(=O)C3CC(C)=C(C)CC3C(=O)O)sc2C)cc1. The maximum Gasteiger partial charge on any atom is 0.307 e. The molecule has 0 fully saturated rings. The number of benzene rings is 1. The van der Waals surface area contributed by atoms with E-state index in [9.17, 15) is 14.7 Å². The second kappa shape index (κ2) is 9.56. The first kappa shape index (κ1) is 22.2. The number of thiazole rings is 1. The number of amides is 1. The maximum atomic E-state index is 12.9. The number of carbonyl (C=O) groups excluding carboxylic acids is 1. The first-order valence-corrected chi connectivity index (χ1v) is 11.4. The van der Waals surface area contributed by atoms with Gasteiger partial charge in [0.1, 0.15) is 0 Å². The monoisotopic (exact) mass is 426 g/mol. The molecule has 3 rings (SSSR count). The Morgan fingerprint density at radius 2 is 1.73 bits per heavy atom. The van der Waals surface area contributed by atoms with E-state index in [2.05, 4.69) is 41.5 Å². The first-order valence-electron chi connectivity index (χ1n) is 10.6. The number of carbonyl (C=O) groups is 2. The van der Waals surface area contributed by atoms with Crippen LogP contribution in [0.2, 0.25) is 0 Å². The molecular formula is C24H30N2O3S. The van der Waals surface area contributed by atoms with E-state index >= 15 is 0 Å². The van der Waals surface area contributed by atoms with Gasteiger partial charge in [-0.3, -0.25) is 9.59 Å². The van der Waals surface area contributed by atoms with Crippen molar-refractivity contribution in [3.8, 4) is 11.3 Å². The van der Waals surface area contributed by atoms with Crippen LogP contribution in [0, 0.1) is 18.8 Å². The molecule has 0 spiro atoms. The number of allylic oxidation sites excluding steroid dienone is 2. The van der Waals surface area contributed by atoms with E-state index in [1.165, 1.54) is 29.7 Å². The van der Waals surface area contributed by atoms with Crippen molar-refractivity contribution < 1.29 is 14.7 Å². The van der Waals surface area contributed by atoms with Gasteiger partial charge in [-0.2, -0.15) is 0 Å². The minimum atomic E-state index is -0.916. The average Bonchev–Trinajstić information content (AvgIpc) is 3.08. The molecule has 0 aliphatic heterocycles. The van der Waals surface area contributed by atoms with Crippen LogP contribution in [0.3, 0.4) is 0 Å². The lowest BCUT2D eigenvalue weighted by molar-refractivity contribution is -0.146. The van der Waals surface area contributed by atoms with Gasteiger partial charge in [0, 0.05) is 10.4 Å². The molecule has 0 saturated heterocycles. The molecule has 2 aromatic rings. The Labute approximate surface area is 182 Å². The van der Waals surface area contributed by atoms with E-state index in [1.807, 2.05) is 20.8 Å². The number of carboxylic acid groups (broad SMARTS) is 1. The van der Waals surface area contributed by atoms with Crippen molar-refractivity contribution in [2.45, 2.75) is 59.8 Å². The van der Waals surface area contributed by atoms with Gasteiger partial charge in [-0.15, -0.1) is 11.3 Å². The Morgan fingerprint density at radius 3 is 2.33 bits per heavy atom. The highest BCUT2D eigenvalue weighted by molar-refractivity contribution is 7.16. The van der Waals surface area contributed by atoms with Crippen LogP contribution in [-0.2, 0) is 16.0 Å². The standard InChI is InChI=1S/C24H30N2O3S/c1-5-6-7-17-8-10-18(11-9-17)21-16(4)30-24(25-21)26-22(27)19-12-14(2)15(3)13-20(19)23(28)29/h8-11,19-20H,5-7,12-13H2,1-4H3,(H,28,29)(H,25,26,27). The van der Waals surface area contributed by atoms with Crippen LogP contribution < -0.4 is 5.32 Å². The fourth-order valence-corrected chi connectivity index (χ4v) is 4.79. The molecule has 2 atom stereocenters. The number of nitrogens with one attached hydrogen (secondary N) is 1. The number of hydrogen-bond acceptors (Lipinski definition) is 4. The van der Waals surface area contributed by atoms with Gasteiger partial charge in [-0.25, -0.2) is 4.98 Å². The molecule has 2 N–H and O–H groups in total. The zero-order valence-corrected chi connectivity index (χ0v) is 18.9. The van der Waals surface area contributed by atoms with E-state index in [0.29, 0.717) is 18.0 Å². The Bertz CT molecular complexity index is 959. The van der Waals surface area contributed by atoms with Gasteiger partial charge in [0.25, 0.3) is 0 Å². The molecule has 2 unspecified atom stereocenters. The molecule has 30 heavy (non-hydrogen) atoms. The predicted octanol–water partition coefficient (Wildman–Crippen LogP) is 5.85. The van der Waals surface area contributed by atoms with Crippen LogP contribution in [0.1, 0.15) is 56.9 Å². The quantitative estimate of drug-likeness (QED) is 0.545. The van der Waals surface area contributed by atoms with Crippen molar-refractivity contribution in [1.82, 2.24) is 4.98 Å². The minimum absolute atomic E-state index is 0.260. The molecule has 1 aromatic heterocycles. The summed E-state index contributed by atoms with van der Waals surface area (Å²) in [5.41, 5.74) is 5.38. The van der Waals surface area contributed by atoms with Crippen LogP contribution >= 0.6 is 11.3 Å². The molecule has 0 bridgehead atoms. The Balaban J connectivity index is 1.75. The lowest BCUT2D eigenvalue weighted by atomic mass is 9.76. The van der Waals surface area contributed by atoms with E-state index in [0.717, 1.165) is 33.7 Å². The number of aryl methyl sites for hydroxylation is 2. The zero-order chi connectivity index (χ0) is 21.8. The number of aromatic nitrogens is 1. The van der Waals surface area contributed by atoms with Crippen molar-refractivity contribution in [1.29, 1.82) is 0 Å². The summed E-state index contributed by atoms with van der Waals surface area (Å²) >= 11 is 1.43. The van der Waals surface area contributed by atoms with E-state index in [-0.39, 0.29) is 5.91 Å². The summed E-state index contributed by atoms with van der Waals surface area (Å²) in [6.45, 7) is 8.10. The maximum absolute atomic E-state index is 12.9. The molecule has 6 heteroatoms. The van der Waals surface area contributed by atoms with Gasteiger partial charge < -0.3 is 10.4 Å². The smallest absolute Gasteiger partial charge is 0.307 e. The summed E-state index contributed by atoms with van der Waals surface area (Å²) < 4.78 is 0. The molecule has 1 aliphatic rings. The summed E-state index contributed by atoms with van der Waals surface area (Å²) in [6.07, 6.45) is 4.33. The highest BCUT2D eigenvalue weighted by atomic mass is 32.1. The van der Waals surface area contributed by atoms with Crippen molar-refractivity contribution in [2.24, 2.45) is 11.8 Å². The highest BCUT2D eigenvalue weighted by Gasteiger charge is 2.37. The van der Waals surface area contributed by atoms with Crippen LogP contribution in [0.4, 0.5) is 5.13 Å². The third-order valence-corrected chi connectivity index (χ3v) is 6.88. The molecular weight excluding hydrogens is 396 g/mol. The second-order valence-electron chi connectivity index (χ2n) is 8.23. The number of carboxylic acids is 1. The van der Waals surface area contributed by atoms with Crippen LogP contribution in [0.5, 0.6) is 0 Å². The molecule has 5 nitrogen and oxygen atoms in total. The predicted molar refractivity (Wildman–Crippen MR) is 122 cm³/mol. The van der Waals surface area contributed by atoms with Crippen molar-refractivity contribution in [3.63, 3.8) is 0 Å². The molecule has 1 heterocycles. The summed E-state index contributed by atoms with van der Waals surface area (Å²) in [5, 5.41) is 13.0. The van der Waals surface area contributed by atoms with Crippen LogP contribution in [0.25, 0.3) is 11.3 Å². The minimum Gasteiger partial charge on any atom is -0.481 e. The number of unbranched alkanes of at least 4 members (excludes halogenated alkanes) is 1. The van der Waals surface area contributed by atoms with Gasteiger partial charge in [-0.05, 0) is 52.0 Å². The summed E-state index contributed by atoms with van der Waals surface area (Å²) in [4.78, 5) is 30.3. The van der Waals surface area contributed by atoms with E-state index < -0.39 is 17.8 Å². The Kier molecular flexibility index (Phi) is 7.08.